The van der Waals surface area contributed by atoms with Crippen LogP contribution in [0.3, 0.4) is 0 Å². The molecule has 2 aromatic rings. The average Bonchev–Trinajstić information content (AvgIpc) is 2.59. The van der Waals surface area contributed by atoms with Crippen LogP contribution in [0.15, 0.2) is 28.7 Å². The maximum Gasteiger partial charge on any atom is 0.135 e. The van der Waals surface area contributed by atoms with E-state index in [1.165, 1.54) is 11.1 Å². The molecule has 1 aliphatic heterocycles. The number of benzene rings is 1. The van der Waals surface area contributed by atoms with Crippen molar-refractivity contribution < 1.29 is 5.11 Å². The van der Waals surface area contributed by atoms with E-state index in [1.54, 1.807) is 0 Å². The van der Waals surface area contributed by atoms with E-state index in [4.69, 9.17) is 10.1 Å². The number of aromatic nitrogens is 2. The molecule has 0 radical (unpaired) electrons. The molecular formula is C18H23BrN4O. The van der Waals surface area contributed by atoms with Gasteiger partial charge in [-0.3, -0.25) is 0 Å². The highest BCUT2D eigenvalue weighted by Crippen LogP contribution is 2.27. The third kappa shape index (κ3) is 3.87. The zero-order valence-corrected chi connectivity index (χ0v) is 15.7. The van der Waals surface area contributed by atoms with Gasteiger partial charge in [-0.25, -0.2) is 9.97 Å². The normalized spacial score (nSPS) is 14.0. The smallest absolute Gasteiger partial charge is 0.135 e. The van der Waals surface area contributed by atoms with Gasteiger partial charge in [0.05, 0.1) is 6.61 Å². The van der Waals surface area contributed by atoms with Crippen molar-refractivity contribution in [1.82, 2.24) is 9.97 Å². The molecule has 1 aromatic carbocycles. The number of rotatable bonds is 5. The van der Waals surface area contributed by atoms with Gasteiger partial charge in [-0.05, 0) is 29.7 Å². The molecule has 1 aliphatic rings. The van der Waals surface area contributed by atoms with Gasteiger partial charge in [0.1, 0.15) is 17.5 Å². The maximum atomic E-state index is 9.04. The third-order valence-electron chi connectivity index (χ3n) is 4.17. The van der Waals surface area contributed by atoms with Crippen LogP contribution in [0.1, 0.15) is 36.7 Å². The van der Waals surface area contributed by atoms with Gasteiger partial charge in [0.2, 0.25) is 0 Å². The molecule has 6 heteroatoms. The van der Waals surface area contributed by atoms with Crippen LogP contribution in [0.25, 0.3) is 0 Å². The van der Waals surface area contributed by atoms with Crippen LogP contribution in [0.4, 0.5) is 11.6 Å². The van der Waals surface area contributed by atoms with Gasteiger partial charge in [-0.15, -0.1) is 0 Å². The van der Waals surface area contributed by atoms with E-state index < -0.39 is 0 Å². The summed E-state index contributed by atoms with van der Waals surface area (Å²) in [5.74, 6) is 2.80. The number of fused-ring (bicyclic) bond motifs is 1. The van der Waals surface area contributed by atoms with Crippen LogP contribution in [0.2, 0.25) is 0 Å². The van der Waals surface area contributed by atoms with E-state index in [-0.39, 0.29) is 12.5 Å². The molecule has 0 unspecified atom stereocenters. The molecule has 3 rings (SSSR count). The second kappa shape index (κ2) is 7.49. The molecule has 5 nitrogen and oxygen atoms in total. The minimum absolute atomic E-state index is 0.0848. The van der Waals surface area contributed by atoms with Crippen molar-refractivity contribution in [3.8, 4) is 0 Å². The van der Waals surface area contributed by atoms with E-state index in [1.807, 2.05) is 6.07 Å². The summed E-state index contributed by atoms with van der Waals surface area (Å²) < 4.78 is 1.11. The number of nitrogens with zero attached hydrogens (tertiary/aromatic N) is 3. The molecule has 0 fully saturated rings. The van der Waals surface area contributed by atoms with Crippen molar-refractivity contribution in [3.05, 3.63) is 45.7 Å². The van der Waals surface area contributed by atoms with E-state index in [0.29, 0.717) is 6.54 Å². The quantitative estimate of drug-likeness (QED) is 0.819. The highest BCUT2D eigenvalue weighted by Gasteiger charge is 2.19. The number of halogens is 1. The molecule has 0 saturated heterocycles. The lowest BCUT2D eigenvalue weighted by Crippen LogP contribution is -2.31. The van der Waals surface area contributed by atoms with Gasteiger partial charge in [-0.2, -0.15) is 0 Å². The Balaban J connectivity index is 1.89. The molecule has 0 amide bonds. The Bertz CT molecular complexity index is 720. The molecule has 0 bridgehead atoms. The first kappa shape index (κ1) is 17.2. The van der Waals surface area contributed by atoms with E-state index in [9.17, 15) is 0 Å². The van der Waals surface area contributed by atoms with Crippen molar-refractivity contribution in [2.45, 2.75) is 32.7 Å². The summed E-state index contributed by atoms with van der Waals surface area (Å²) in [5.41, 5.74) is 2.75. The van der Waals surface area contributed by atoms with Crippen molar-refractivity contribution in [1.29, 1.82) is 0 Å². The van der Waals surface area contributed by atoms with Crippen molar-refractivity contribution in [2.75, 3.05) is 29.9 Å². The topological polar surface area (TPSA) is 61.3 Å². The highest BCUT2D eigenvalue weighted by atomic mass is 79.9. The van der Waals surface area contributed by atoms with Crippen molar-refractivity contribution in [3.63, 3.8) is 0 Å². The number of nitrogens with one attached hydrogen (secondary N) is 1. The Labute approximate surface area is 151 Å². The number of hydrogen-bond donors (Lipinski definition) is 2. The first-order chi connectivity index (χ1) is 11.6. The summed E-state index contributed by atoms with van der Waals surface area (Å²) in [4.78, 5) is 11.6. The predicted octanol–water partition coefficient (Wildman–Crippen LogP) is 3.33. The fraction of sp³-hybridized carbons (Fsp3) is 0.444. The molecule has 0 aliphatic carbocycles. The number of aliphatic hydroxyl groups excluding tert-OH is 1. The minimum Gasteiger partial charge on any atom is -0.395 e. The van der Waals surface area contributed by atoms with Gasteiger partial charge in [-0.1, -0.05) is 35.8 Å². The molecule has 2 N–H and O–H groups in total. The van der Waals surface area contributed by atoms with E-state index in [2.05, 4.69) is 63.2 Å². The lowest BCUT2D eigenvalue weighted by Gasteiger charge is -2.30. The second-order valence-corrected chi connectivity index (χ2v) is 7.27. The van der Waals surface area contributed by atoms with Crippen LogP contribution in [0, 0.1) is 0 Å². The van der Waals surface area contributed by atoms with Crippen molar-refractivity contribution in [2.24, 2.45) is 0 Å². The maximum absolute atomic E-state index is 9.04. The number of aliphatic hydroxyl groups is 1. The molecule has 0 saturated carbocycles. The van der Waals surface area contributed by atoms with Crippen LogP contribution < -0.4 is 10.2 Å². The molecular weight excluding hydrogens is 368 g/mol. The largest absolute Gasteiger partial charge is 0.395 e. The van der Waals surface area contributed by atoms with E-state index in [0.717, 1.165) is 41.4 Å². The highest BCUT2D eigenvalue weighted by molar-refractivity contribution is 9.10. The minimum atomic E-state index is 0.0848. The summed E-state index contributed by atoms with van der Waals surface area (Å²) in [6.45, 7) is 6.56. The van der Waals surface area contributed by atoms with Crippen LogP contribution in [0.5, 0.6) is 0 Å². The summed E-state index contributed by atoms with van der Waals surface area (Å²) in [6.07, 6.45) is 1.02. The van der Waals surface area contributed by atoms with Crippen LogP contribution >= 0.6 is 15.9 Å². The third-order valence-corrected chi connectivity index (χ3v) is 4.66. The van der Waals surface area contributed by atoms with Gasteiger partial charge in [0.15, 0.2) is 0 Å². The standard InChI is InChI=1S/C18H23BrN4O/c1-12(2)18-21-16(20-6-8-24)10-17(22-18)23-7-5-13-3-4-15(19)9-14(13)11-23/h3-4,9-10,12,24H,5-8,11H2,1-2H3,(H,20,21,22). The summed E-state index contributed by atoms with van der Waals surface area (Å²) in [5, 5.41) is 12.2. The zero-order valence-electron chi connectivity index (χ0n) is 14.1. The molecule has 0 spiro atoms. The second-order valence-electron chi connectivity index (χ2n) is 6.36. The summed E-state index contributed by atoms with van der Waals surface area (Å²) in [7, 11) is 0. The van der Waals surface area contributed by atoms with Crippen LogP contribution in [-0.4, -0.2) is 34.8 Å². The Morgan fingerprint density at radius 1 is 1.25 bits per heavy atom. The Morgan fingerprint density at radius 2 is 2.08 bits per heavy atom. The predicted molar refractivity (Wildman–Crippen MR) is 101 cm³/mol. The van der Waals surface area contributed by atoms with Gasteiger partial charge in [0.25, 0.3) is 0 Å². The van der Waals surface area contributed by atoms with E-state index >= 15 is 0 Å². The zero-order chi connectivity index (χ0) is 17.1. The van der Waals surface area contributed by atoms with Crippen LogP contribution in [-0.2, 0) is 13.0 Å². The van der Waals surface area contributed by atoms with Gasteiger partial charge >= 0.3 is 0 Å². The fourth-order valence-corrected chi connectivity index (χ4v) is 3.28. The Kier molecular flexibility index (Phi) is 5.36. The first-order valence-electron chi connectivity index (χ1n) is 8.33. The lowest BCUT2D eigenvalue weighted by molar-refractivity contribution is 0.311. The number of anilines is 2. The average molecular weight is 391 g/mol. The van der Waals surface area contributed by atoms with Gasteiger partial charge in [0, 0.05) is 36.1 Å². The van der Waals surface area contributed by atoms with Gasteiger partial charge < -0.3 is 15.3 Å². The lowest BCUT2D eigenvalue weighted by atomic mass is 10.00. The monoisotopic (exact) mass is 390 g/mol. The molecule has 24 heavy (non-hydrogen) atoms. The molecule has 0 atom stereocenters. The first-order valence-corrected chi connectivity index (χ1v) is 9.12. The fourth-order valence-electron chi connectivity index (χ4n) is 2.87. The molecule has 2 heterocycles. The Morgan fingerprint density at radius 3 is 2.83 bits per heavy atom. The number of hydrogen-bond acceptors (Lipinski definition) is 5. The van der Waals surface area contributed by atoms with Crippen molar-refractivity contribution >= 4 is 27.6 Å². The summed E-state index contributed by atoms with van der Waals surface area (Å²) >= 11 is 3.56. The summed E-state index contributed by atoms with van der Waals surface area (Å²) in [6, 6.07) is 8.47. The molecule has 1 aromatic heterocycles. The SMILES string of the molecule is CC(C)c1nc(NCCO)cc(N2CCc3ccc(Br)cc3C2)n1. The molecule has 128 valence electrons. The Hall–Kier alpha value is -1.66.